The summed E-state index contributed by atoms with van der Waals surface area (Å²) in [5.41, 5.74) is 1.32. The number of pyridine rings is 1. The Hall–Kier alpha value is -0.890. The number of aromatic nitrogens is 1. The van der Waals surface area contributed by atoms with E-state index < -0.39 is 0 Å². The summed E-state index contributed by atoms with van der Waals surface area (Å²) in [5.74, 6) is 0. The van der Waals surface area contributed by atoms with Gasteiger partial charge in [-0.2, -0.15) is 0 Å². The Kier molecular flexibility index (Phi) is 14.5. The van der Waals surface area contributed by atoms with Crippen molar-refractivity contribution in [1.82, 2.24) is 9.88 Å². The number of hydrogen-bond acceptors (Lipinski definition) is 2. The van der Waals surface area contributed by atoms with Gasteiger partial charge in [0.2, 0.25) is 0 Å². The zero-order valence-electron chi connectivity index (χ0n) is 11.1. The van der Waals surface area contributed by atoms with Gasteiger partial charge in [0.15, 0.2) is 0 Å². The minimum absolute atomic E-state index is 1.01. The van der Waals surface area contributed by atoms with E-state index in [-0.39, 0.29) is 0 Å². The van der Waals surface area contributed by atoms with E-state index in [9.17, 15) is 0 Å². The second-order valence-corrected chi connectivity index (χ2v) is 2.69. The van der Waals surface area contributed by atoms with Gasteiger partial charge in [-0.25, -0.2) is 0 Å². The standard InChI is InChI=1S/C9H14N2.2C2H6/c1-3-11(2)8-9-4-6-10-7-5-9;2*1-2/h4-7H,3,8H2,1-2H3;2*1-2H3. The van der Waals surface area contributed by atoms with Gasteiger partial charge in [-0.3, -0.25) is 4.98 Å². The monoisotopic (exact) mass is 210 g/mol. The van der Waals surface area contributed by atoms with Crippen molar-refractivity contribution in [3.63, 3.8) is 0 Å². The van der Waals surface area contributed by atoms with Gasteiger partial charge in [-0.05, 0) is 31.3 Å². The SMILES string of the molecule is CC.CC.CCN(C)Cc1ccncc1. The Balaban J connectivity index is 0. The molecule has 1 rings (SSSR count). The van der Waals surface area contributed by atoms with E-state index in [1.807, 2.05) is 52.2 Å². The second kappa shape index (κ2) is 13.1. The molecule has 1 heterocycles. The molecule has 2 heteroatoms. The zero-order valence-corrected chi connectivity index (χ0v) is 11.1. The molecule has 2 nitrogen and oxygen atoms in total. The molecule has 0 atom stereocenters. The molecule has 0 N–H and O–H groups in total. The maximum absolute atomic E-state index is 3.96. The smallest absolute Gasteiger partial charge is 0.0271 e. The first-order valence-corrected chi connectivity index (χ1v) is 5.90. The summed E-state index contributed by atoms with van der Waals surface area (Å²) in [5, 5.41) is 0. The van der Waals surface area contributed by atoms with Gasteiger partial charge < -0.3 is 4.90 Å². The third-order valence-corrected chi connectivity index (χ3v) is 1.74. The van der Waals surface area contributed by atoms with Crippen LogP contribution in [-0.2, 0) is 6.54 Å². The molecule has 0 saturated heterocycles. The van der Waals surface area contributed by atoms with Gasteiger partial charge >= 0.3 is 0 Å². The summed E-state index contributed by atoms with van der Waals surface area (Å²) in [6.45, 7) is 12.3. The molecule has 88 valence electrons. The molecule has 0 aromatic carbocycles. The largest absolute Gasteiger partial charge is 0.302 e. The fourth-order valence-corrected chi connectivity index (χ4v) is 0.912. The molecule has 0 unspecified atom stereocenters. The van der Waals surface area contributed by atoms with Crippen LogP contribution in [0.5, 0.6) is 0 Å². The predicted molar refractivity (Wildman–Crippen MR) is 68.9 cm³/mol. The molecule has 0 aliphatic carbocycles. The fraction of sp³-hybridized carbons (Fsp3) is 0.615. The quantitative estimate of drug-likeness (QED) is 0.758. The molecule has 0 spiro atoms. The Morgan fingerprint density at radius 1 is 1.07 bits per heavy atom. The van der Waals surface area contributed by atoms with Crippen molar-refractivity contribution in [2.45, 2.75) is 41.2 Å². The predicted octanol–water partition coefficient (Wildman–Crippen LogP) is 3.59. The van der Waals surface area contributed by atoms with Gasteiger partial charge in [0.05, 0.1) is 0 Å². The lowest BCUT2D eigenvalue weighted by molar-refractivity contribution is 0.345. The molecule has 0 bridgehead atoms. The molecule has 1 aromatic rings. The minimum atomic E-state index is 1.01. The van der Waals surface area contributed by atoms with Crippen LogP contribution in [-0.4, -0.2) is 23.5 Å². The summed E-state index contributed by atoms with van der Waals surface area (Å²) >= 11 is 0. The molecular weight excluding hydrogens is 184 g/mol. The summed E-state index contributed by atoms with van der Waals surface area (Å²) in [4.78, 5) is 6.22. The van der Waals surface area contributed by atoms with Crippen molar-refractivity contribution >= 4 is 0 Å². The second-order valence-electron chi connectivity index (χ2n) is 2.69. The van der Waals surface area contributed by atoms with Crippen LogP contribution in [0.3, 0.4) is 0 Å². The highest BCUT2D eigenvalue weighted by molar-refractivity contribution is 5.08. The molecule has 0 fully saturated rings. The highest BCUT2D eigenvalue weighted by Crippen LogP contribution is 1.99. The van der Waals surface area contributed by atoms with Gasteiger partial charge in [0, 0.05) is 18.9 Å². The lowest BCUT2D eigenvalue weighted by Crippen LogP contribution is -2.16. The normalized spacial score (nSPS) is 8.47. The summed E-state index contributed by atoms with van der Waals surface area (Å²) in [6.07, 6.45) is 3.66. The van der Waals surface area contributed by atoms with E-state index in [1.54, 1.807) is 0 Å². The molecular formula is C13H26N2. The van der Waals surface area contributed by atoms with E-state index in [4.69, 9.17) is 0 Å². The molecule has 0 radical (unpaired) electrons. The van der Waals surface area contributed by atoms with Crippen LogP contribution >= 0.6 is 0 Å². The number of nitrogens with zero attached hydrogens (tertiary/aromatic N) is 2. The first-order valence-electron chi connectivity index (χ1n) is 5.90. The first kappa shape index (κ1) is 16.5. The van der Waals surface area contributed by atoms with E-state index >= 15 is 0 Å². The average Bonchev–Trinajstić information content (AvgIpc) is 2.35. The summed E-state index contributed by atoms with van der Waals surface area (Å²) < 4.78 is 0. The van der Waals surface area contributed by atoms with Crippen LogP contribution < -0.4 is 0 Å². The van der Waals surface area contributed by atoms with Crippen LogP contribution in [0.1, 0.15) is 40.2 Å². The highest BCUT2D eigenvalue weighted by atomic mass is 15.1. The minimum Gasteiger partial charge on any atom is -0.302 e. The third-order valence-electron chi connectivity index (χ3n) is 1.74. The molecule has 0 aliphatic heterocycles. The van der Waals surface area contributed by atoms with Crippen molar-refractivity contribution in [3.05, 3.63) is 30.1 Å². The fourth-order valence-electron chi connectivity index (χ4n) is 0.912. The third kappa shape index (κ3) is 9.42. The molecule has 1 aromatic heterocycles. The lowest BCUT2D eigenvalue weighted by Gasteiger charge is -2.12. The average molecular weight is 210 g/mol. The Morgan fingerprint density at radius 2 is 1.53 bits per heavy atom. The van der Waals surface area contributed by atoms with E-state index in [0.29, 0.717) is 0 Å². The van der Waals surface area contributed by atoms with E-state index in [2.05, 4.69) is 23.9 Å². The molecule has 0 saturated carbocycles. The van der Waals surface area contributed by atoms with Crippen LogP contribution in [0.25, 0.3) is 0 Å². The van der Waals surface area contributed by atoms with Crippen molar-refractivity contribution < 1.29 is 0 Å². The Labute approximate surface area is 95.3 Å². The van der Waals surface area contributed by atoms with Crippen LogP contribution in [0.15, 0.2) is 24.5 Å². The maximum atomic E-state index is 3.96. The van der Waals surface area contributed by atoms with Crippen LogP contribution in [0.2, 0.25) is 0 Å². The number of hydrogen-bond donors (Lipinski definition) is 0. The van der Waals surface area contributed by atoms with Gasteiger partial charge in [-0.15, -0.1) is 0 Å². The van der Waals surface area contributed by atoms with Crippen molar-refractivity contribution in [2.24, 2.45) is 0 Å². The van der Waals surface area contributed by atoms with Crippen LogP contribution in [0, 0.1) is 0 Å². The molecule has 0 amide bonds. The summed E-state index contributed by atoms with van der Waals surface area (Å²) in [7, 11) is 2.11. The molecule has 15 heavy (non-hydrogen) atoms. The van der Waals surface area contributed by atoms with Gasteiger partial charge in [0.1, 0.15) is 0 Å². The summed E-state index contributed by atoms with van der Waals surface area (Å²) in [6, 6.07) is 4.10. The number of rotatable bonds is 3. The first-order chi connectivity index (χ1) is 7.33. The van der Waals surface area contributed by atoms with Gasteiger partial charge in [-0.1, -0.05) is 34.6 Å². The van der Waals surface area contributed by atoms with Crippen molar-refractivity contribution in [3.8, 4) is 0 Å². The highest BCUT2D eigenvalue weighted by Gasteiger charge is 1.94. The molecule has 0 aliphatic rings. The van der Waals surface area contributed by atoms with Crippen molar-refractivity contribution in [2.75, 3.05) is 13.6 Å². The maximum Gasteiger partial charge on any atom is 0.0271 e. The van der Waals surface area contributed by atoms with E-state index in [1.165, 1.54) is 5.56 Å². The van der Waals surface area contributed by atoms with Gasteiger partial charge in [0.25, 0.3) is 0 Å². The topological polar surface area (TPSA) is 16.1 Å². The van der Waals surface area contributed by atoms with Crippen LogP contribution in [0.4, 0.5) is 0 Å². The zero-order chi connectivity index (χ0) is 12.1. The lowest BCUT2D eigenvalue weighted by atomic mass is 10.2. The van der Waals surface area contributed by atoms with Crippen molar-refractivity contribution in [1.29, 1.82) is 0 Å². The Morgan fingerprint density at radius 3 is 1.93 bits per heavy atom. The van der Waals surface area contributed by atoms with E-state index in [0.717, 1.165) is 13.1 Å². The Bertz CT molecular complexity index is 197.